The van der Waals surface area contributed by atoms with E-state index in [0.717, 1.165) is 11.6 Å². The summed E-state index contributed by atoms with van der Waals surface area (Å²) in [4.78, 5) is 19.1. The van der Waals surface area contributed by atoms with Crippen LogP contribution in [0.1, 0.15) is 21.5 Å². The largest absolute Gasteiger partial charge is 0.478 e. The standard InChI is InChI=1S/C13H11FN2O2S/c1-8-5-15-13(16-6-8)19-7-9-2-3-11(14)10(4-9)12(17)18/h2-6H,7H2,1H3,(H,17,18). The average Bonchev–Trinajstić information content (AvgIpc) is 2.39. The van der Waals surface area contributed by atoms with E-state index < -0.39 is 11.8 Å². The zero-order chi connectivity index (χ0) is 13.8. The summed E-state index contributed by atoms with van der Waals surface area (Å²) in [5, 5.41) is 9.44. The van der Waals surface area contributed by atoms with Crippen molar-refractivity contribution >= 4 is 17.7 Å². The summed E-state index contributed by atoms with van der Waals surface area (Å²) in [6.45, 7) is 1.90. The minimum Gasteiger partial charge on any atom is -0.478 e. The third-order valence-corrected chi connectivity index (χ3v) is 3.33. The molecule has 2 aromatic rings. The second kappa shape index (κ2) is 5.79. The maximum atomic E-state index is 13.2. The SMILES string of the molecule is Cc1cnc(SCc2ccc(F)c(C(=O)O)c2)nc1. The molecule has 2 rings (SSSR count). The molecule has 0 atom stereocenters. The van der Waals surface area contributed by atoms with Crippen LogP contribution in [-0.2, 0) is 5.75 Å². The van der Waals surface area contributed by atoms with Gasteiger partial charge in [-0.1, -0.05) is 17.8 Å². The van der Waals surface area contributed by atoms with Crippen LogP contribution in [0, 0.1) is 12.7 Å². The molecule has 0 unspecified atom stereocenters. The van der Waals surface area contributed by atoms with E-state index in [2.05, 4.69) is 9.97 Å². The van der Waals surface area contributed by atoms with Crippen LogP contribution in [0.4, 0.5) is 4.39 Å². The molecule has 0 saturated carbocycles. The average molecular weight is 278 g/mol. The number of aromatic carboxylic acids is 1. The molecule has 4 nitrogen and oxygen atoms in total. The maximum absolute atomic E-state index is 13.2. The summed E-state index contributed by atoms with van der Waals surface area (Å²) in [6, 6.07) is 4.05. The summed E-state index contributed by atoms with van der Waals surface area (Å²) in [6.07, 6.45) is 3.42. The van der Waals surface area contributed by atoms with Gasteiger partial charge in [-0.3, -0.25) is 0 Å². The van der Waals surface area contributed by atoms with Crippen LogP contribution in [0.2, 0.25) is 0 Å². The number of nitrogens with zero attached hydrogens (tertiary/aromatic N) is 2. The Morgan fingerprint density at radius 3 is 2.68 bits per heavy atom. The number of hydrogen-bond acceptors (Lipinski definition) is 4. The van der Waals surface area contributed by atoms with Crippen LogP contribution >= 0.6 is 11.8 Å². The van der Waals surface area contributed by atoms with Gasteiger partial charge in [0.05, 0.1) is 5.56 Å². The van der Waals surface area contributed by atoms with E-state index in [0.29, 0.717) is 16.5 Å². The Morgan fingerprint density at radius 1 is 1.37 bits per heavy atom. The molecule has 0 spiro atoms. The van der Waals surface area contributed by atoms with Gasteiger partial charge >= 0.3 is 5.97 Å². The second-order valence-electron chi connectivity index (χ2n) is 3.95. The normalized spacial score (nSPS) is 10.4. The number of aryl methyl sites for hydroxylation is 1. The van der Waals surface area contributed by atoms with Crippen LogP contribution in [0.3, 0.4) is 0 Å². The van der Waals surface area contributed by atoms with Crippen LogP contribution in [0.25, 0.3) is 0 Å². The molecule has 0 aliphatic carbocycles. The Morgan fingerprint density at radius 2 is 2.05 bits per heavy atom. The van der Waals surface area contributed by atoms with Crippen LogP contribution in [0.15, 0.2) is 35.7 Å². The molecule has 1 heterocycles. The highest BCUT2D eigenvalue weighted by Gasteiger charge is 2.11. The summed E-state index contributed by atoms with van der Waals surface area (Å²) in [7, 11) is 0. The fraction of sp³-hybridized carbons (Fsp3) is 0.154. The van der Waals surface area contributed by atoms with E-state index in [-0.39, 0.29) is 5.56 Å². The molecule has 1 N–H and O–H groups in total. The van der Waals surface area contributed by atoms with Crippen LogP contribution in [-0.4, -0.2) is 21.0 Å². The first-order chi connectivity index (χ1) is 9.06. The first-order valence-corrected chi connectivity index (χ1v) is 6.48. The van der Waals surface area contributed by atoms with E-state index in [1.165, 1.54) is 17.8 Å². The number of carboxylic acid groups (broad SMARTS) is 1. The minimum absolute atomic E-state index is 0.317. The van der Waals surface area contributed by atoms with Gasteiger partial charge in [-0.25, -0.2) is 19.2 Å². The van der Waals surface area contributed by atoms with Crippen molar-refractivity contribution in [3.05, 3.63) is 53.1 Å². The fourth-order valence-corrected chi connectivity index (χ4v) is 2.16. The van der Waals surface area contributed by atoms with Crippen LogP contribution < -0.4 is 0 Å². The molecular weight excluding hydrogens is 267 g/mol. The zero-order valence-electron chi connectivity index (χ0n) is 10.1. The highest BCUT2D eigenvalue weighted by Crippen LogP contribution is 2.20. The highest BCUT2D eigenvalue weighted by atomic mass is 32.2. The Labute approximate surface area is 113 Å². The number of benzene rings is 1. The molecule has 98 valence electrons. The maximum Gasteiger partial charge on any atom is 0.338 e. The minimum atomic E-state index is -1.27. The Bertz CT molecular complexity index is 602. The van der Waals surface area contributed by atoms with Crippen molar-refractivity contribution in [2.75, 3.05) is 0 Å². The van der Waals surface area contributed by atoms with Gasteiger partial charge in [0.25, 0.3) is 0 Å². The molecule has 0 aliphatic heterocycles. The number of thioether (sulfide) groups is 1. The monoisotopic (exact) mass is 278 g/mol. The van der Waals surface area contributed by atoms with Crippen molar-refractivity contribution in [1.82, 2.24) is 9.97 Å². The molecule has 0 bridgehead atoms. The molecule has 6 heteroatoms. The molecule has 0 radical (unpaired) electrons. The van der Waals surface area contributed by atoms with Gasteiger partial charge in [0.15, 0.2) is 5.16 Å². The molecule has 0 saturated heterocycles. The summed E-state index contributed by atoms with van der Waals surface area (Å²) in [5.74, 6) is -1.51. The van der Waals surface area contributed by atoms with E-state index in [1.54, 1.807) is 18.5 Å². The third kappa shape index (κ3) is 3.51. The van der Waals surface area contributed by atoms with Gasteiger partial charge in [0.2, 0.25) is 0 Å². The molecule has 0 fully saturated rings. The number of rotatable bonds is 4. The molecule has 0 amide bonds. The molecule has 0 aliphatic rings. The van der Waals surface area contributed by atoms with Crippen molar-refractivity contribution in [3.8, 4) is 0 Å². The Kier molecular flexibility index (Phi) is 4.11. The van der Waals surface area contributed by atoms with Gasteiger partial charge in [-0.15, -0.1) is 0 Å². The van der Waals surface area contributed by atoms with Gasteiger partial charge < -0.3 is 5.11 Å². The smallest absolute Gasteiger partial charge is 0.338 e. The fourth-order valence-electron chi connectivity index (χ4n) is 1.43. The summed E-state index contributed by atoms with van der Waals surface area (Å²) < 4.78 is 13.2. The van der Waals surface area contributed by atoms with Crippen molar-refractivity contribution < 1.29 is 14.3 Å². The zero-order valence-corrected chi connectivity index (χ0v) is 10.9. The van der Waals surface area contributed by atoms with Gasteiger partial charge in [0, 0.05) is 18.1 Å². The molecule has 1 aromatic heterocycles. The van der Waals surface area contributed by atoms with Gasteiger partial charge in [-0.05, 0) is 30.2 Å². The lowest BCUT2D eigenvalue weighted by atomic mass is 10.1. The van der Waals surface area contributed by atoms with Gasteiger partial charge in [0.1, 0.15) is 5.82 Å². The lowest BCUT2D eigenvalue weighted by Crippen LogP contribution is -2.01. The number of hydrogen-bond donors (Lipinski definition) is 1. The van der Waals surface area contributed by atoms with Crippen LogP contribution in [0.5, 0.6) is 0 Å². The lowest BCUT2D eigenvalue weighted by molar-refractivity contribution is 0.0692. The molecular formula is C13H11FN2O2S. The number of aromatic nitrogens is 2. The van der Waals surface area contributed by atoms with E-state index in [1.807, 2.05) is 6.92 Å². The first-order valence-electron chi connectivity index (χ1n) is 5.49. The number of carbonyl (C=O) groups is 1. The predicted octanol–water partition coefficient (Wildman–Crippen LogP) is 2.91. The van der Waals surface area contributed by atoms with E-state index >= 15 is 0 Å². The van der Waals surface area contributed by atoms with E-state index in [4.69, 9.17) is 5.11 Å². The Balaban J connectivity index is 2.09. The summed E-state index contributed by atoms with van der Waals surface area (Å²) in [5.41, 5.74) is 1.37. The molecule has 1 aromatic carbocycles. The molecule has 19 heavy (non-hydrogen) atoms. The van der Waals surface area contributed by atoms with Gasteiger partial charge in [-0.2, -0.15) is 0 Å². The third-order valence-electron chi connectivity index (χ3n) is 2.39. The first kappa shape index (κ1) is 13.5. The Hall–Kier alpha value is -1.95. The predicted molar refractivity (Wildman–Crippen MR) is 69.7 cm³/mol. The quantitative estimate of drug-likeness (QED) is 0.688. The van der Waals surface area contributed by atoms with Crippen molar-refractivity contribution in [3.63, 3.8) is 0 Å². The number of halogens is 1. The van der Waals surface area contributed by atoms with E-state index in [9.17, 15) is 9.18 Å². The van der Waals surface area contributed by atoms with Crippen molar-refractivity contribution in [1.29, 1.82) is 0 Å². The second-order valence-corrected chi connectivity index (χ2v) is 4.89. The highest BCUT2D eigenvalue weighted by molar-refractivity contribution is 7.98. The summed E-state index contributed by atoms with van der Waals surface area (Å²) >= 11 is 1.37. The lowest BCUT2D eigenvalue weighted by Gasteiger charge is -2.03. The van der Waals surface area contributed by atoms with Crippen molar-refractivity contribution in [2.45, 2.75) is 17.8 Å². The number of carboxylic acids is 1. The topological polar surface area (TPSA) is 63.1 Å². The van der Waals surface area contributed by atoms with Crippen molar-refractivity contribution in [2.24, 2.45) is 0 Å².